The third kappa shape index (κ3) is 2.22. The van der Waals surface area contributed by atoms with E-state index in [1.54, 1.807) is 6.20 Å². The van der Waals surface area contributed by atoms with Crippen LogP contribution in [-0.2, 0) is 0 Å². The fourth-order valence-electron chi connectivity index (χ4n) is 1.98. The summed E-state index contributed by atoms with van der Waals surface area (Å²) in [6.07, 6.45) is 4.18. The highest BCUT2D eigenvalue weighted by Gasteiger charge is 2.19. The van der Waals surface area contributed by atoms with Crippen molar-refractivity contribution < 1.29 is 0 Å². The van der Waals surface area contributed by atoms with Crippen LogP contribution in [0.5, 0.6) is 0 Å². The Balaban J connectivity index is 2.14. The third-order valence-electron chi connectivity index (χ3n) is 2.69. The van der Waals surface area contributed by atoms with Crippen LogP contribution >= 0.6 is 11.6 Å². The minimum Gasteiger partial charge on any atom is -0.306 e. The van der Waals surface area contributed by atoms with Gasteiger partial charge >= 0.3 is 0 Å². The predicted molar refractivity (Wildman–Crippen MR) is 56.5 cm³/mol. The molecule has 4 heteroatoms. The lowest BCUT2D eigenvalue weighted by atomic mass is 9.95. The minimum atomic E-state index is 0.357. The topological polar surface area (TPSA) is 29.0 Å². The average Bonchev–Trinajstić information content (AvgIpc) is 2.18. The van der Waals surface area contributed by atoms with E-state index in [0.717, 1.165) is 12.2 Å². The Morgan fingerprint density at radius 2 is 2.43 bits per heavy atom. The predicted octanol–water partition coefficient (Wildman–Crippen LogP) is 1.94. The van der Waals surface area contributed by atoms with E-state index in [2.05, 4.69) is 21.9 Å². The van der Waals surface area contributed by atoms with E-state index in [4.69, 9.17) is 11.6 Å². The molecule has 14 heavy (non-hydrogen) atoms. The van der Waals surface area contributed by atoms with Gasteiger partial charge in [-0.05, 0) is 44.1 Å². The smallest absolute Gasteiger partial charge is 0.222 e. The van der Waals surface area contributed by atoms with E-state index in [1.807, 2.05) is 6.07 Å². The minimum absolute atomic E-state index is 0.357. The van der Waals surface area contributed by atoms with Gasteiger partial charge in [0.2, 0.25) is 5.28 Å². The van der Waals surface area contributed by atoms with Gasteiger partial charge in [-0.1, -0.05) is 0 Å². The third-order valence-corrected chi connectivity index (χ3v) is 2.87. The van der Waals surface area contributed by atoms with Crippen molar-refractivity contribution in [1.82, 2.24) is 14.9 Å². The summed E-state index contributed by atoms with van der Waals surface area (Å²) in [7, 11) is 2.15. The van der Waals surface area contributed by atoms with Crippen LogP contribution in [0.3, 0.4) is 0 Å². The molecule has 0 saturated carbocycles. The Labute approximate surface area is 89.1 Å². The van der Waals surface area contributed by atoms with Crippen LogP contribution in [0.2, 0.25) is 5.28 Å². The Morgan fingerprint density at radius 1 is 1.57 bits per heavy atom. The van der Waals surface area contributed by atoms with Crippen LogP contribution in [0.4, 0.5) is 0 Å². The highest BCUT2D eigenvalue weighted by Crippen LogP contribution is 2.24. The fourth-order valence-corrected chi connectivity index (χ4v) is 2.14. The molecule has 1 aliphatic rings. The lowest BCUT2D eigenvalue weighted by Crippen LogP contribution is -2.31. The van der Waals surface area contributed by atoms with E-state index in [1.165, 1.54) is 19.4 Å². The first-order valence-electron chi connectivity index (χ1n) is 4.92. The first-order valence-corrected chi connectivity index (χ1v) is 5.30. The number of aromatic nitrogens is 2. The summed E-state index contributed by atoms with van der Waals surface area (Å²) in [5, 5.41) is 0.357. The number of rotatable bonds is 1. The Kier molecular flexibility index (Phi) is 2.99. The Morgan fingerprint density at radius 3 is 3.14 bits per heavy atom. The monoisotopic (exact) mass is 211 g/mol. The molecule has 1 unspecified atom stereocenters. The van der Waals surface area contributed by atoms with E-state index in [9.17, 15) is 0 Å². The molecule has 0 aliphatic carbocycles. The molecule has 1 fully saturated rings. The van der Waals surface area contributed by atoms with Gasteiger partial charge in [0, 0.05) is 24.4 Å². The fraction of sp³-hybridized carbons (Fsp3) is 0.600. The van der Waals surface area contributed by atoms with Crippen molar-refractivity contribution in [2.45, 2.75) is 18.8 Å². The molecule has 0 spiro atoms. The summed E-state index contributed by atoms with van der Waals surface area (Å²) in [6, 6.07) is 1.97. The second-order valence-electron chi connectivity index (χ2n) is 3.85. The van der Waals surface area contributed by atoms with Crippen molar-refractivity contribution in [2.24, 2.45) is 0 Å². The van der Waals surface area contributed by atoms with Crippen LogP contribution in [0.15, 0.2) is 12.3 Å². The molecule has 0 aromatic carbocycles. The number of hydrogen-bond donors (Lipinski definition) is 0. The molecule has 1 atom stereocenters. The van der Waals surface area contributed by atoms with Crippen LogP contribution in [0.1, 0.15) is 24.5 Å². The molecule has 76 valence electrons. The van der Waals surface area contributed by atoms with Gasteiger partial charge in [-0.3, -0.25) is 0 Å². The summed E-state index contributed by atoms with van der Waals surface area (Å²) in [5.74, 6) is 0.522. The maximum absolute atomic E-state index is 5.76. The highest BCUT2D eigenvalue weighted by atomic mass is 35.5. The summed E-state index contributed by atoms with van der Waals surface area (Å²) < 4.78 is 0. The van der Waals surface area contributed by atoms with Crippen molar-refractivity contribution in [3.8, 4) is 0 Å². The van der Waals surface area contributed by atoms with Gasteiger partial charge in [0.1, 0.15) is 0 Å². The van der Waals surface area contributed by atoms with Crippen molar-refractivity contribution in [3.63, 3.8) is 0 Å². The Bertz CT molecular complexity index is 316. The molecule has 1 aromatic rings. The van der Waals surface area contributed by atoms with Gasteiger partial charge in [0.25, 0.3) is 0 Å². The maximum Gasteiger partial charge on any atom is 0.222 e. The van der Waals surface area contributed by atoms with E-state index in [0.29, 0.717) is 11.2 Å². The van der Waals surface area contributed by atoms with Crippen molar-refractivity contribution in [2.75, 3.05) is 20.1 Å². The van der Waals surface area contributed by atoms with Crippen molar-refractivity contribution in [3.05, 3.63) is 23.2 Å². The zero-order chi connectivity index (χ0) is 9.97. The zero-order valence-electron chi connectivity index (χ0n) is 8.28. The van der Waals surface area contributed by atoms with Gasteiger partial charge in [-0.15, -0.1) is 0 Å². The van der Waals surface area contributed by atoms with Gasteiger partial charge < -0.3 is 4.90 Å². The molecular weight excluding hydrogens is 198 g/mol. The number of halogens is 1. The standard InChI is InChI=1S/C10H14ClN3/c1-14-6-2-3-8(7-14)9-4-5-12-10(11)13-9/h4-5,8H,2-3,6-7H2,1H3. The second kappa shape index (κ2) is 4.24. The molecular formula is C10H14ClN3. The lowest BCUT2D eigenvalue weighted by Gasteiger charge is -2.29. The van der Waals surface area contributed by atoms with Gasteiger partial charge in [0.05, 0.1) is 0 Å². The number of hydrogen-bond acceptors (Lipinski definition) is 3. The van der Waals surface area contributed by atoms with E-state index in [-0.39, 0.29) is 0 Å². The average molecular weight is 212 g/mol. The largest absolute Gasteiger partial charge is 0.306 e. The first kappa shape index (κ1) is 9.87. The van der Waals surface area contributed by atoms with E-state index >= 15 is 0 Å². The van der Waals surface area contributed by atoms with Crippen LogP contribution < -0.4 is 0 Å². The van der Waals surface area contributed by atoms with Crippen LogP contribution in [-0.4, -0.2) is 35.0 Å². The molecule has 0 N–H and O–H groups in total. The molecule has 3 nitrogen and oxygen atoms in total. The molecule has 2 heterocycles. The summed E-state index contributed by atoms with van der Waals surface area (Å²) in [5.41, 5.74) is 1.08. The van der Waals surface area contributed by atoms with Crippen molar-refractivity contribution >= 4 is 11.6 Å². The number of likely N-dealkylation sites (tertiary alicyclic amines) is 1. The van der Waals surface area contributed by atoms with Crippen molar-refractivity contribution in [1.29, 1.82) is 0 Å². The van der Waals surface area contributed by atoms with Gasteiger partial charge in [-0.25, -0.2) is 9.97 Å². The summed E-state index contributed by atoms with van der Waals surface area (Å²) in [6.45, 7) is 2.27. The summed E-state index contributed by atoms with van der Waals surface area (Å²) >= 11 is 5.76. The van der Waals surface area contributed by atoms with E-state index < -0.39 is 0 Å². The number of piperidine rings is 1. The van der Waals surface area contributed by atoms with Crippen LogP contribution in [0, 0.1) is 0 Å². The summed E-state index contributed by atoms with van der Waals surface area (Å²) in [4.78, 5) is 10.5. The molecule has 1 aliphatic heterocycles. The highest BCUT2D eigenvalue weighted by molar-refractivity contribution is 6.28. The number of likely N-dealkylation sites (N-methyl/N-ethyl adjacent to an activating group) is 1. The lowest BCUT2D eigenvalue weighted by molar-refractivity contribution is 0.248. The normalized spacial score (nSPS) is 23.7. The van der Waals surface area contributed by atoms with Gasteiger partial charge in [0.15, 0.2) is 0 Å². The first-order chi connectivity index (χ1) is 6.75. The SMILES string of the molecule is CN1CCCC(c2ccnc(Cl)n2)C1. The molecule has 0 amide bonds. The molecule has 0 radical (unpaired) electrons. The quantitative estimate of drug-likeness (QED) is 0.665. The molecule has 1 saturated heterocycles. The molecule has 2 rings (SSSR count). The van der Waals surface area contributed by atoms with Crippen LogP contribution in [0.25, 0.3) is 0 Å². The molecule has 1 aromatic heterocycles. The maximum atomic E-state index is 5.76. The second-order valence-corrected chi connectivity index (χ2v) is 4.19. The zero-order valence-corrected chi connectivity index (χ0v) is 9.04. The Hall–Kier alpha value is -0.670. The molecule has 0 bridgehead atoms. The number of nitrogens with zero attached hydrogens (tertiary/aromatic N) is 3. The van der Waals surface area contributed by atoms with Gasteiger partial charge in [-0.2, -0.15) is 0 Å².